The third-order valence-corrected chi connectivity index (χ3v) is 7.01. The van der Waals surface area contributed by atoms with Gasteiger partial charge >= 0.3 is 0 Å². The van der Waals surface area contributed by atoms with E-state index in [0.29, 0.717) is 24.8 Å². The van der Waals surface area contributed by atoms with E-state index in [4.69, 9.17) is 4.74 Å². The molecular formula is C22H25FN4O2S2. The molecule has 1 aliphatic heterocycles. The highest BCUT2D eigenvalue weighted by Gasteiger charge is 2.23. The van der Waals surface area contributed by atoms with E-state index >= 15 is 0 Å². The molecule has 2 aromatic heterocycles. The lowest BCUT2D eigenvalue weighted by Gasteiger charge is -2.21. The summed E-state index contributed by atoms with van der Waals surface area (Å²) in [6, 6.07) is 10.4. The quantitative estimate of drug-likeness (QED) is 0.441. The van der Waals surface area contributed by atoms with E-state index < -0.39 is 0 Å². The molecule has 4 rings (SSSR count). The zero-order valence-electron chi connectivity index (χ0n) is 17.4. The highest BCUT2D eigenvalue weighted by molar-refractivity contribution is 7.99. The van der Waals surface area contributed by atoms with Crippen LogP contribution in [0.3, 0.4) is 0 Å². The van der Waals surface area contributed by atoms with Crippen molar-refractivity contribution in [3.63, 3.8) is 0 Å². The number of rotatable bonds is 9. The Morgan fingerprint density at radius 1 is 1.35 bits per heavy atom. The number of thioether (sulfide) groups is 1. The van der Waals surface area contributed by atoms with Crippen molar-refractivity contribution >= 4 is 29.0 Å². The summed E-state index contributed by atoms with van der Waals surface area (Å²) in [5.74, 6) is 0.754. The Morgan fingerprint density at radius 3 is 2.97 bits per heavy atom. The van der Waals surface area contributed by atoms with E-state index in [0.717, 1.165) is 35.7 Å². The molecule has 3 aromatic rings. The number of nitrogens with zero attached hydrogens (tertiary/aromatic N) is 4. The molecule has 1 fully saturated rings. The van der Waals surface area contributed by atoms with Gasteiger partial charge < -0.3 is 9.64 Å². The lowest BCUT2D eigenvalue weighted by atomic mass is 10.2. The second-order valence-electron chi connectivity index (χ2n) is 7.36. The molecule has 0 saturated carbocycles. The van der Waals surface area contributed by atoms with Gasteiger partial charge in [0.25, 0.3) is 0 Å². The number of carbonyl (C=O) groups excluding carboxylic acids is 1. The van der Waals surface area contributed by atoms with Crippen molar-refractivity contribution in [2.75, 3.05) is 18.9 Å². The van der Waals surface area contributed by atoms with Gasteiger partial charge in [-0.1, -0.05) is 30.0 Å². The predicted molar refractivity (Wildman–Crippen MR) is 121 cm³/mol. The van der Waals surface area contributed by atoms with E-state index in [2.05, 4.69) is 14.8 Å². The van der Waals surface area contributed by atoms with Crippen LogP contribution >= 0.6 is 23.1 Å². The molecule has 1 amide bonds. The summed E-state index contributed by atoms with van der Waals surface area (Å²) in [6.45, 7) is 4.33. The summed E-state index contributed by atoms with van der Waals surface area (Å²) in [5.41, 5.74) is 0.779. The maximum atomic E-state index is 13.5. The van der Waals surface area contributed by atoms with Gasteiger partial charge in [0, 0.05) is 19.7 Å². The third-order valence-electron chi connectivity index (χ3n) is 5.19. The molecule has 0 aliphatic carbocycles. The molecule has 1 atom stereocenters. The van der Waals surface area contributed by atoms with Crippen LogP contribution in [0.25, 0.3) is 10.7 Å². The number of hydrogen-bond donors (Lipinski definition) is 0. The summed E-state index contributed by atoms with van der Waals surface area (Å²) in [4.78, 5) is 15.6. The average Bonchev–Trinajstić information content (AvgIpc) is 3.53. The maximum Gasteiger partial charge on any atom is 0.233 e. The zero-order chi connectivity index (χ0) is 21.6. The van der Waals surface area contributed by atoms with Gasteiger partial charge in [-0.15, -0.1) is 21.5 Å². The first kappa shape index (κ1) is 22.0. The summed E-state index contributed by atoms with van der Waals surface area (Å²) in [6.07, 6.45) is 2.22. The molecule has 1 saturated heterocycles. The van der Waals surface area contributed by atoms with E-state index in [-0.39, 0.29) is 23.6 Å². The van der Waals surface area contributed by atoms with Gasteiger partial charge in [0.2, 0.25) is 5.91 Å². The number of carbonyl (C=O) groups is 1. The third kappa shape index (κ3) is 5.53. The smallest absolute Gasteiger partial charge is 0.233 e. The second-order valence-corrected chi connectivity index (χ2v) is 9.25. The minimum Gasteiger partial charge on any atom is -0.376 e. The number of aromatic nitrogens is 3. The fraction of sp³-hybridized carbons (Fsp3) is 0.409. The van der Waals surface area contributed by atoms with Gasteiger partial charge in [-0.3, -0.25) is 9.36 Å². The van der Waals surface area contributed by atoms with E-state index in [1.807, 2.05) is 30.5 Å². The normalized spacial score (nSPS) is 16.0. The zero-order valence-corrected chi connectivity index (χ0v) is 19.0. The Balaban J connectivity index is 1.46. The van der Waals surface area contributed by atoms with Crippen LogP contribution in [-0.4, -0.2) is 50.6 Å². The molecule has 31 heavy (non-hydrogen) atoms. The van der Waals surface area contributed by atoms with Gasteiger partial charge in [-0.25, -0.2) is 4.39 Å². The Kier molecular flexibility index (Phi) is 7.37. The summed E-state index contributed by atoms with van der Waals surface area (Å²) in [5, 5.41) is 11.5. The van der Waals surface area contributed by atoms with E-state index in [1.54, 1.807) is 22.3 Å². The van der Waals surface area contributed by atoms with Crippen LogP contribution in [0.5, 0.6) is 0 Å². The number of amides is 1. The number of hydrogen-bond acceptors (Lipinski definition) is 6. The van der Waals surface area contributed by atoms with Crippen LogP contribution in [0.2, 0.25) is 0 Å². The van der Waals surface area contributed by atoms with Gasteiger partial charge in [0.15, 0.2) is 11.0 Å². The SMILES string of the molecule is CCN(Cc1cccc(F)c1)C(=O)CSc1nnc(-c2cccs2)n1CC1CCCO1. The Morgan fingerprint density at radius 2 is 2.26 bits per heavy atom. The fourth-order valence-electron chi connectivity index (χ4n) is 3.59. The van der Waals surface area contributed by atoms with Crippen molar-refractivity contribution in [2.45, 2.75) is 44.1 Å². The van der Waals surface area contributed by atoms with Crippen molar-refractivity contribution in [2.24, 2.45) is 0 Å². The highest BCUT2D eigenvalue weighted by atomic mass is 32.2. The lowest BCUT2D eigenvalue weighted by molar-refractivity contribution is -0.128. The molecule has 1 aliphatic rings. The lowest BCUT2D eigenvalue weighted by Crippen LogP contribution is -2.31. The maximum absolute atomic E-state index is 13.5. The molecule has 1 aromatic carbocycles. The van der Waals surface area contributed by atoms with Crippen LogP contribution in [0.15, 0.2) is 46.9 Å². The number of benzene rings is 1. The first-order valence-electron chi connectivity index (χ1n) is 10.4. The Bertz CT molecular complexity index is 1000. The van der Waals surface area contributed by atoms with Crippen molar-refractivity contribution in [3.8, 4) is 10.7 Å². The fourth-order valence-corrected chi connectivity index (χ4v) is 5.16. The first-order valence-corrected chi connectivity index (χ1v) is 12.2. The molecule has 0 spiro atoms. The summed E-state index contributed by atoms with van der Waals surface area (Å²) >= 11 is 3.00. The van der Waals surface area contributed by atoms with Gasteiger partial charge in [0.1, 0.15) is 5.82 Å². The monoisotopic (exact) mass is 460 g/mol. The number of halogens is 1. The van der Waals surface area contributed by atoms with Crippen molar-refractivity contribution < 1.29 is 13.9 Å². The van der Waals surface area contributed by atoms with Crippen molar-refractivity contribution in [1.29, 1.82) is 0 Å². The van der Waals surface area contributed by atoms with Crippen molar-refractivity contribution in [3.05, 3.63) is 53.2 Å². The highest BCUT2D eigenvalue weighted by Crippen LogP contribution is 2.29. The average molecular weight is 461 g/mol. The summed E-state index contributed by atoms with van der Waals surface area (Å²) in [7, 11) is 0. The standard InChI is InChI=1S/C22H25FN4O2S2/c1-2-26(13-16-6-3-7-17(23)12-16)20(28)15-31-22-25-24-21(19-9-5-11-30-19)27(22)14-18-8-4-10-29-18/h3,5-7,9,11-12,18H,2,4,8,10,13-15H2,1H3. The molecule has 6 nitrogen and oxygen atoms in total. The predicted octanol–water partition coefficient (Wildman–Crippen LogP) is 4.47. The molecule has 1 unspecified atom stereocenters. The van der Waals surface area contributed by atoms with Crippen LogP contribution < -0.4 is 0 Å². The van der Waals surface area contributed by atoms with Gasteiger partial charge in [-0.2, -0.15) is 0 Å². The summed E-state index contributed by atoms with van der Waals surface area (Å²) < 4.78 is 21.4. The molecule has 0 bridgehead atoms. The first-order chi connectivity index (χ1) is 15.1. The van der Waals surface area contributed by atoms with Gasteiger partial charge in [-0.05, 0) is 48.9 Å². The minimum absolute atomic E-state index is 0.0129. The minimum atomic E-state index is -0.293. The van der Waals surface area contributed by atoms with Crippen LogP contribution in [0, 0.1) is 5.82 Å². The molecule has 164 valence electrons. The largest absolute Gasteiger partial charge is 0.376 e. The number of thiophene rings is 1. The van der Waals surface area contributed by atoms with E-state index in [1.165, 1.54) is 23.9 Å². The molecule has 3 heterocycles. The van der Waals surface area contributed by atoms with Crippen molar-refractivity contribution in [1.82, 2.24) is 19.7 Å². The molecular weight excluding hydrogens is 435 g/mol. The topological polar surface area (TPSA) is 60.2 Å². The van der Waals surface area contributed by atoms with Crippen LogP contribution in [0.1, 0.15) is 25.3 Å². The number of ether oxygens (including phenoxy) is 1. The molecule has 0 N–H and O–H groups in total. The van der Waals surface area contributed by atoms with Gasteiger partial charge in [0.05, 0.1) is 23.3 Å². The Hall–Kier alpha value is -2.23. The van der Waals surface area contributed by atoms with Crippen LogP contribution in [0.4, 0.5) is 4.39 Å². The van der Waals surface area contributed by atoms with Crippen LogP contribution in [-0.2, 0) is 22.6 Å². The second kappa shape index (κ2) is 10.4. The molecule has 9 heteroatoms. The Labute approximate surface area is 189 Å². The van der Waals surface area contributed by atoms with E-state index in [9.17, 15) is 9.18 Å². The molecule has 0 radical (unpaired) electrons.